The van der Waals surface area contributed by atoms with Crippen LogP contribution in [0.1, 0.15) is 30.1 Å². The third kappa shape index (κ3) is 1.88. The van der Waals surface area contributed by atoms with Crippen molar-refractivity contribution in [3.8, 4) is 5.75 Å². The fourth-order valence-corrected chi connectivity index (χ4v) is 2.07. The SMILES string of the molecule is NC(=O)OC1CCCc2cccc(O)c21. The van der Waals surface area contributed by atoms with Crippen molar-refractivity contribution in [3.63, 3.8) is 0 Å². The Balaban J connectivity index is 2.36. The summed E-state index contributed by atoms with van der Waals surface area (Å²) in [5.74, 6) is 0.179. The zero-order chi connectivity index (χ0) is 10.8. The lowest BCUT2D eigenvalue weighted by Gasteiger charge is -2.25. The van der Waals surface area contributed by atoms with Crippen LogP contribution in [0.2, 0.25) is 0 Å². The average molecular weight is 207 g/mol. The summed E-state index contributed by atoms with van der Waals surface area (Å²) >= 11 is 0. The van der Waals surface area contributed by atoms with E-state index in [9.17, 15) is 9.90 Å². The highest BCUT2D eigenvalue weighted by molar-refractivity contribution is 5.65. The molecule has 0 bridgehead atoms. The van der Waals surface area contributed by atoms with E-state index in [0.29, 0.717) is 12.0 Å². The molecule has 4 nitrogen and oxygen atoms in total. The van der Waals surface area contributed by atoms with E-state index in [-0.39, 0.29) is 5.75 Å². The summed E-state index contributed by atoms with van der Waals surface area (Å²) in [7, 11) is 0. The van der Waals surface area contributed by atoms with Gasteiger partial charge in [0, 0.05) is 5.56 Å². The number of ether oxygens (including phenoxy) is 1. The maximum Gasteiger partial charge on any atom is 0.405 e. The van der Waals surface area contributed by atoms with Crippen molar-refractivity contribution in [1.29, 1.82) is 0 Å². The molecule has 1 aromatic rings. The van der Waals surface area contributed by atoms with Gasteiger partial charge in [-0.3, -0.25) is 0 Å². The Kier molecular flexibility index (Phi) is 2.49. The van der Waals surface area contributed by atoms with Crippen LogP contribution in [0, 0.1) is 0 Å². The van der Waals surface area contributed by atoms with Crippen molar-refractivity contribution >= 4 is 6.09 Å². The summed E-state index contributed by atoms with van der Waals surface area (Å²) in [4.78, 5) is 10.7. The molecule has 1 aliphatic carbocycles. The van der Waals surface area contributed by atoms with E-state index in [4.69, 9.17) is 10.5 Å². The molecule has 1 aromatic carbocycles. The molecule has 1 unspecified atom stereocenters. The highest BCUT2D eigenvalue weighted by Crippen LogP contribution is 2.37. The third-order valence-electron chi connectivity index (χ3n) is 2.67. The van der Waals surface area contributed by atoms with Crippen molar-refractivity contribution in [2.75, 3.05) is 0 Å². The van der Waals surface area contributed by atoms with Crippen molar-refractivity contribution < 1.29 is 14.6 Å². The quantitative estimate of drug-likeness (QED) is 0.738. The largest absolute Gasteiger partial charge is 0.508 e. The minimum Gasteiger partial charge on any atom is -0.508 e. The molecule has 0 aliphatic heterocycles. The third-order valence-corrected chi connectivity index (χ3v) is 2.67. The first-order chi connectivity index (χ1) is 7.18. The summed E-state index contributed by atoms with van der Waals surface area (Å²) in [6.07, 6.45) is 1.37. The van der Waals surface area contributed by atoms with Crippen LogP contribution >= 0.6 is 0 Å². The molecule has 0 aromatic heterocycles. The van der Waals surface area contributed by atoms with Gasteiger partial charge in [0.1, 0.15) is 11.9 Å². The first-order valence-electron chi connectivity index (χ1n) is 4.95. The van der Waals surface area contributed by atoms with Gasteiger partial charge in [-0.05, 0) is 30.9 Å². The number of fused-ring (bicyclic) bond motifs is 1. The number of rotatable bonds is 1. The van der Waals surface area contributed by atoms with Crippen LogP contribution in [-0.2, 0) is 11.2 Å². The Bertz CT molecular complexity index is 389. The van der Waals surface area contributed by atoms with Crippen LogP contribution in [0.3, 0.4) is 0 Å². The van der Waals surface area contributed by atoms with Gasteiger partial charge in [-0.2, -0.15) is 0 Å². The van der Waals surface area contributed by atoms with E-state index in [1.54, 1.807) is 12.1 Å². The van der Waals surface area contributed by atoms with Crippen LogP contribution < -0.4 is 5.73 Å². The van der Waals surface area contributed by atoms with E-state index < -0.39 is 12.2 Å². The van der Waals surface area contributed by atoms with Crippen LogP contribution in [-0.4, -0.2) is 11.2 Å². The molecule has 0 spiro atoms. The normalized spacial score (nSPS) is 19.3. The van der Waals surface area contributed by atoms with Gasteiger partial charge in [-0.1, -0.05) is 12.1 Å². The monoisotopic (exact) mass is 207 g/mol. The van der Waals surface area contributed by atoms with Gasteiger partial charge in [0.15, 0.2) is 0 Å². The predicted octanol–water partition coefficient (Wildman–Crippen LogP) is 1.86. The van der Waals surface area contributed by atoms with Gasteiger partial charge in [0.25, 0.3) is 0 Å². The lowest BCUT2D eigenvalue weighted by molar-refractivity contribution is 0.0943. The second-order valence-electron chi connectivity index (χ2n) is 3.67. The van der Waals surface area contributed by atoms with Crippen molar-refractivity contribution in [3.05, 3.63) is 29.3 Å². The molecular formula is C11H13NO3. The van der Waals surface area contributed by atoms with E-state index >= 15 is 0 Å². The topological polar surface area (TPSA) is 72.6 Å². The summed E-state index contributed by atoms with van der Waals surface area (Å²) in [6.45, 7) is 0. The fraction of sp³-hybridized carbons (Fsp3) is 0.364. The number of aromatic hydroxyl groups is 1. The lowest BCUT2D eigenvalue weighted by atomic mass is 9.89. The molecular weight excluding hydrogens is 194 g/mol. The van der Waals surface area contributed by atoms with E-state index in [1.807, 2.05) is 6.07 Å². The number of benzene rings is 1. The van der Waals surface area contributed by atoms with Gasteiger partial charge in [-0.25, -0.2) is 4.79 Å². The number of hydrogen-bond donors (Lipinski definition) is 2. The Hall–Kier alpha value is -1.71. The molecule has 2 rings (SSSR count). The van der Waals surface area contributed by atoms with E-state index in [1.165, 1.54) is 0 Å². The van der Waals surface area contributed by atoms with Gasteiger partial charge < -0.3 is 15.6 Å². The molecule has 0 heterocycles. The number of phenols is 1. The van der Waals surface area contributed by atoms with Crippen molar-refractivity contribution in [2.45, 2.75) is 25.4 Å². The molecule has 1 aliphatic rings. The molecule has 1 atom stereocenters. The Labute approximate surface area is 87.7 Å². The lowest BCUT2D eigenvalue weighted by Crippen LogP contribution is -2.20. The molecule has 1 amide bonds. The molecule has 0 fully saturated rings. The summed E-state index contributed by atoms with van der Waals surface area (Å²) in [5, 5.41) is 9.71. The summed E-state index contributed by atoms with van der Waals surface area (Å²) in [5.41, 5.74) is 6.73. The van der Waals surface area contributed by atoms with Crippen LogP contribution in [0.4, 0.5) is 4.79 Å². The Morgan fingerprint density at radius 3 is 3.07 bits per heavy atom. The molecule has 4 heteroatoms. The number of nitrogens with two attached hydrogens (primary N) is 1. The number of carbonyl (C=O) groups excluding carboxylic acids is 1. The number of phenolic OH excluding ortho intramolecular Hbond substituents is 1. The first-order valence-corrected chi connectivity index (χ1v) is 4.95. The predicted molar refractivity (Wildman–Crippen MR) is 54.5 cm³/mol. The van der Waals surface area contributed by atoms with Crippen LogP contribution in [0.5, 0.6) is 5.75 Å². The Morgan fingerprint density at radius 2 is 2.33 bits per heavy atom. The molecule has 3 N–H and O–H groups in total. The number of hydrogen-bond acceptors (Lipinski definition) is 3. The molecule has 15 heavy (non-hydrogen) atoms. The van der Waals surface area contributed by atoms with Gasteiger partial charge in [-0.15, -0.1) is 0 Å². The van der Waals surface area contributed by atoms with Gasteiger partial charge in [0.2, 0.25) is 0 Å². The molecule has 80 valence electrons. The van der Waals surface area contributed by atoms with Crippen LogP contribution in [0.15, 0.2) is 18.2 Å². The summed E-state index contributed by atoms with van der Waals surface area (Å²) < 4.78 is 4.98. The first kappa shape index (κ1) is 9.83. The molecule has 0 saturated heterocycles. The molecule has 0 saturated carbocycles. The zero-order valence-electron chi connectivity index (χ0n) is 8.27. The second kappa shape index (κ2) is 3.81. The maximum atomic E-state index is 10.7. The van der Waals surface area contributed by atoms with Gasteiger partial charge >= 0.3 is 6.09 Å². The zero-order valence-corrected chi connectivity index (χ0v) is 8.27. The highest BCUT2D eigenvalue weighted by atomic mass is 16.6. The minimum absolute atomic E-state index is 0.179. The van der Waals surface area contributed by atoms with Crippen LogP contribution in [0.25, 0.3) is 0 Å². The number of primary amides is 1. The average Bonchev–Trinajstić information content (AvgIpc) is 2.17. The van der Waals surface area contributed by atoms with Gasteiger partial charge in [0.05, 0.1) is 0 Å². The second-order valence-corrected chi connectivity index (χ2v) is 3.67. The standard InChI is InChI=1S/C11H13NO3/c12-11(14)15-9-6-2-4-7-3-1-5-8(13)10(7)9/h1,3,5,9,13H,2,4,6H2,(H2,12,14). The minimum atomic E-state index is -0.795. The van der Waals surface area contributed by atoms with E-state index in [2.05, 4.69) is 0 Å². The maximum absolute atomic E-state index is 10.7. The number of amides is 1. The molecule has 0 radical (unpaired) electrons. The number of carbonyl (C=O) groups is 1. The van der Waals surface area contributed by atoms with Crippen molar-refractivity contribution in [1.82, 2.24) is 0 Å². The highest BCUT2D eigenvalue weighted by Gasteiger charge is 2.25. The number of aryl methyl sites for hydroxylation is 1. The smallest absolute Gasteiger partial charge is 0.405 e. The van der Waals surface area contributed by atoms with E-state index in [0.717, 1.165) is 18.4 Å². The Morgan fingerprint density at radius 1 is 1.53 bits per heavy atom. The fourth-order valence-electron chi connectivity index (χ4n) is 2.07. The van der Waals surface area contributed by atoms with Crippen molar-refractivity contribution in [2.24, 2.45) is 5.73 Å². The summed E-state index contributed by atoms with van der Waals surface area (Å²) in [6, 6.07) is 5.33.